The monoisotopic (exact) mass is 419 g/mol. The van der Waals surface area contributed by atoms with E-state index in [1.807, 2.05) is 68.4 Å². The number of aryl methyl sites for hydroxylation is 2. The second-order valence-corrected chi connectivity index (χ2v) is 8.89. The Kier molecular flexibility index (Phi) is 4.41. The summed E-state index contributed by atoms with van der Waals surface area (Å²) in [6, 6.07) is 17.3. The Morgan fingerprint density at radius 1 is 1.07 bits per heavy atom. The third-order valence-electron chi connectivity index (χ3n) is 4.70. The number of thiophene rings is 1. The van der Waals surface area contributed by atoms with Gasteiger partial charge in [-0.2, -0.15) is 0 Å². The summed E-state index contributed by atoms with van der Waals surface area (Å²) >= 11 is 3.00. The van der Waals surface area contributed by atoms with Crippen LogP contribution >= 0.6 is 23.3 Å². The number of aromatic nitrogens is 1. The van der Waals surface area contributed by atoms with Gasteiger partial charge < -0.3 is 10.1 Å². The Labute approximate surface area is 176 Å². The number of hydrogen-bond donors (Lipinski definition) is 1. The number of nitrogens with one attached hydrogen (secondary N) is 1. The zero-order chi connectivity index (χ0) is 20.0. The number of anilines is 2. The lowest BCUT2D eigenvalue weighted by Crippen LogP contribution is -2.32. The summed E-state index contributed by atoms with van der Waals surface area (Å²) in [4.78, 5) is 20.3. The molecule has 1 aliphatic heterocycles. The molecule has 29 heavy (non-hydrogen) atoms. The summed E-state index contributed by atoms with van der Waals surface area (Å²) < 4.78 is 7.61. The third kappa shape index (κ3) is 3.22. The molecule has 2 amide bonds. The van der Waals surface area contributed by atoms with Crippen molar-refractivity contribution >= 4 is 50.9 Å². The Balaban J connectivity index is 1.46. The van der Waals surface area contributed by atoms with Crippen LogP contribution in [0, 0.1) is 13.8 Å². The molecule has 144 valence electrons. The zero-order valence-corrected chi connectivity index (χ0v) is 17.4. The van der Waals surface area contributed by atoms with Crippen molar-refractivity contribution in [2.24, 2.45) is 0 Å². The summed E-state index contributed by atoms with van der Waals surface area (Å²) in [6.07, 6.45) is 1.76. The number of rotatable bonds is 4. The topological polar surface area (TPSA) is 54.5 Å². The number of amides is 2. The molecule has 4 aromatic rings. The maximum Gasteiger partial charge on any atom is 0.336 e. The molecule has 0 atom stereocenters. The predicted molar refractivity (Wildman–Crippen MR) is 119 cm³/mol. The lowest BCUT2D eigenvalue weighted by molar-refractivity contribution is 0.260. The normalized spacial score (nSPS) is 12.9. The van der Waals surface area contributed by atoms with Gasteiger partial charge in [0.15, 0.2) is 0 Å². The average molecular weight is 420 g/mol. The van der Waals surface area contributed by atoms with Crippen LogP contribution < -0.4 is 14.4 Å². The fourth-order valence-electron chi connectivity index (χ4n) is 3.31. The number of urea groups is 1. The molecule has 0 bridgehead atoms. The Morgan fingerprint density at radius 3 is 2.69 bits per heavy atom. The number of ether oxygens (including phenoxy) is 1. The number of hydrogen-bond acceptors (Lipinski definition) is 5. The third-order valence-corrected chi connectivity index (χ3v) is 6.91. The molecule has 7 heteroatoms. The molecule has 0 saturated carbocycles. The molecule has 1 N–H and O–H groups in total. The molecule has 1 aliphatic rings. The molecule has 0 unspecified atom stereocenters. The van der Waals surface area contributed by atoms with E-state index in [0.29, 0.717) is 0 Å². The van der Waals surface area contributed by atoms with Gasteiger partial charge in [0.1, 0.15) is 16.3 Å². The van der Waals surface area contributed by atoms with Crippen molar-refractivity contribution in [1.29, 1.82) is 0 Å². The number of pyridine rings is 1. The average Bonchev–Trinajstić information content (AvgIpc) is 3.03. The second-order valence-electron chi connectivity index (χ2n) is 6.70. The number of benzene rings is 2. The minimum absolute atomic E-state index is 0.152. The first-order chi connectivity index (χ1) is 14.1. The SMILES string of the molecule is Cc1cc(Oc2ccccc2)ccc1SN1C(=O)Nc2c(C)sc3nccc1c23. The summed E-state index contributed by atoms with van der Waals surface area (Å²) in [5, 5.41) is 4.02. The summed E-state index contributed by atoms with van der Waals surface area (Å²) in [7, 11) is 0. The minimum Gasteiger partial charge on any atom is -0.457 e. The Bertz CT molecular complexity index is 1240. The van der Waals surface area contributed by atoms with Crippen LogP contribution in [0.5, 0.6) is 11.5 Å². The van der Waals surface area contributed by atoms with Crippen LogP contribution in [0.1, 0.15) is 10.4 Å². The van der Waals surface area contributed by atoms with E-state index in [9.17, 15) is 4.79 Å². The fourth-order valence-corrected chi connectivity index (χ4v) is 5.18. The van der Waals surface area contributed by atoms with E-state index in [-0.39, 0.29) is 6.03 Å². The van der Waals surface area contributed by atoms with Crippen molar-refractivity contribution in [2.75, 3.05) is 9.62 Å². The molecule has 3 heterocycles. The summed E-state index contributed by atoms with van der Waals surface area (Å²) in [5.41, 5.74) is 2.78. The first-order valence-electron chi connectivity index (χ1n) is 9.11. The van der Waals surface area contributed by atoms with E-state index in [2.05, 4.69) is 10.3 Å². The highest BCUT2D eigenvalue weighted by Crippen LogP contribution is 2.46. The van der Waals surface area contributed by atoms with Crippen LogP contribution in [-0.2, 0) is 0 Å². The molecule has 5 rings (SSSR count). The van der Waals surface area contributed by atoms with Crippen molar-refractivity contribution in [3.63, 3.8) is 0 Å². The van der Waals surface area contributed by atoms with Gasteiger partial charge in [0.2, 0.25) is 0 Å². The highest BCUT2D eigenvalue weighted by molar-refractivity contribution is 8.01. The Hall–Kier alpha value is -3.03. The zero-order valence-electron chi connectivity index (χ0n) is 15.8. The van der Waals surface area contributed by atoms with Crippen LogP contribution in [0.2, 0.25) is 0 Å². The molecule has 0 aliphatic carbocycles. The maximum atomic E-state index is 12.8. The highest BCUT2D eigenvalue weighted by atomic mass is 32.2. The molecule has 2 aromatic heterocycles. The smallest absolute Gasteiger partial charge is 0.336 e. The predicted octanol–water partition coefficient (Wildman–Crippen LogP) is 6.76. The van der Waals surface area contributed by atoms with Gasteiger partial charge in [0.05, 0.1) is 16.8 Å². The lowest BCUT2D eigenvalue weighted by atomic mass is 10.2. The first-order valence-corrected chi connectivity index (χ1v) is 10.7. The van der Waals surface area contributed by atoms with Crippen molar-refractivity contribution < 1.29 is 9.53 Å². The van der Waals surface area contributed by atoms with Crippen LogP contribution in [0.15, 0.2) is 65.7 Å². The molecule has 0 radical (unpaired) electrons. The number of nitrogens with zero attached hydrogens (tertiary/aromatic N) is 2. The van der Waals surface area contributed by atoms with E-state index in [0.717, 1.165) is 48.4 Å². The first kappa shape index (κ1) is 18.0. The van der Waals surface area contributed by atoms with E-state index in [1.165, 1.54) is 11.9 Å². The summed E-state index contributed by atoms with van der Waals surface area (Å²) in [6.45, 7) is 4.02. The van der Waals surface area contributed by atoms with E-state index < -0.39 is 0 Å². The standard InChI is InChI=1S/C22H17N3O2S2/c1-13-12-16(27-15-6-4-3-5-7-15)8-9-18(13)29-25-17-10-11-23-21-19(17)20(14(2)28-21)24-22(25)26/h3-12H,1-2H3,(H,24,26). The molecule has 0 spiro atoms. The number of para-hydroxylation sites is 1. The van der Waals surface area contributed by atoms with Crippen LogP contribution in [0.3, 0.4) is 0 Å². The molecule has 0 saturated heterocycles. The van der Waals surface area contributed by atoms with Crippen molar-refractivity contribution in [1.82, 2.24) is 4.98 Å². The van der Waals surface area contributed by atoms with Crippen LogP contribution in [0.4, 0.5) is 16.2 Å². The molecule has 5 nitrogen and oxygen atoms in total. The van der Waals surface area contributed by atoms with Gasteiger partial charge >= 0.3 is 6.03 Å². The van der Waals surface area contributed by atoms with Gasteiger partial charge in [-0.05, 0) is 67.8 Å². The van der Waals surface area contributed by atoms with Gasteiger partial charge in [0, 0.05) is 16.0 Å². The quantitative estimate of drug-likeness (QED) is 0.371. The van der Waals surface area contributed by atoms with Gasteiger partial charge in [-0.15, -0.1) is 11.3 Å². The van der Waals surface area contributed by atoms with Crippen molar-refractivity contribution in [3.8, 4) is 11.5 Å². The molecule has 2 aromatic carbocycles. The van der Waals surface area contributed by atoms with Gasteiger partial charge in [0.25, 0.3) is 0 Å². The van der Waals surface area contributed by atoms with Crippen molar-refractivity contribution in [3.05, 3.63) is 71.2 Å². The van der Waals surface area contributed by atoms with E-state index in [4.69, 9.17) is 4.74 Å². The number of carbonyl (C=O) groups excluding carboxylic acids is 1. The van der Waals surface area contributed by atoms with Gasteiger partial charge in [-0.1, -0.05) is 18.2 Å². The maximum absolute atomic E-state index is 12.8. The van der Waals surface area contributed by atoms with Crippen molar-refractivity contribution in [2.45, 2.75) is 18.7 Å². The Morgan fingerprint density at radius 2 is 1.90 bits per heavy atom. The lowest BCUT2D eigenvalue weighted by Gasteiger charge is -2.27. The van der Waals surface area contributed by atoms with E-state index >= 15 is 0 Å². The van der Waals surface area contributed by atoms with Gasteiger partial charge in [-0.25, -0.2) is 14.1 Å². The molecule has 0 fully saturated rings. The van der Waals surface area contributed by atoms with Gasteiger partial charge in [-0.3, -0.25) is 0 Å². The largest absolute Gasteiger partial charge is 0.457 e. The highest BCUT2D eigenvalue weighted by Gasteiger charge is 2.30. The second kappa shape index (κ2) is 7.09. The molecular formula is C22H17N3O2S2. The van der Waals surface area contributed by atoms with E-state index in [1.54, 1.807) is 21.8 Å². The number of carbonyl (C=O) groups is 1. The van der Waals surface area contributed by atoms with Crippen LogP contribution in [-0.4, -0.2) is 11.0 Å². The van der Waals surface area contributed by atoms with Crippen LogP contribution in [0.25, 0.3) is 10.2 Å². The summed E-state index contributed by atoms with van der Waals surface area (Å²) in [5.74, 6) is 1.56. The molecular weight excluding hydrogens is 402 g/mol. The minimum atomic E-state index is -0.152. The fraction of sp³-hybridized carbons (Fsp3) is 0.0909.